The van der Waals surface area contributed by atoms with Gasteiger partial charge >= 0.3 is 0 Å². The van der Waals surface area contributed by atoms with Crippen molar-refractivity contribution in [3.8, 4) is 5.75 Å². The van der Waals surface area contributed by atoms with Crippen molar-refractivity contribution < 1.29 is 27.4 Å². The summed E-state index contributed by atoms with van der Waals surface area (Å²) in [6.07, 6.45) is 3.11. The number of hydrogen-bond donors (Lipinski definition) is 2. The number of carbonyl (C=O) groups excluding carboxylic acids is 1. The molecule has 0 saturated carbocycles. The molecule has 0 bridgehead atoms. The molecule has 2 saturated heterocycles. The van der Waals surface area contributed by atoms with E-state index in [2.05, 4.69) is 14.3 Å². The molecule has 1 aromatic carbocycles. The molecule has 0 radical (unpaired) electrons. The van der Waals surface area contributed by atoms with E-state index in [1.807, 2.05) is 0 Å². The summed E-state index contributed by atoms with van der Waals surface area (Å²) in [5, 5.41) is 10.3. The number of ether oxygens (including phenoxy) is 1. The average molecular weight is 498 g/mol. The molecule has 3 N–H and O–H groups in total. The van der Waals surface area contributed by atoms with Crippen molar-refractivity contribution in [2.45, 2.75) is 36.3 Å². The number of carbonyl (C=O) groups is 1. The van der Waals surface area contributed by atoms with Crippen LogP contribution in [0.5, 0.6) is 5.75 Å². The van der Waals surface area contributed by atoms with E-state index in [9.17, 15) is 22.7 Å². The minimum atomic E-state index is -3.54. The van der Waals surface area contributed by atoms with Crippen LogP contribution >= 0.6 is 11.5 Å². The molecule has 10 nitrogen and oxygen atoms in total. The van der Waals surface area contributed by atoms with Gasteiger partial charge in [0, 0.05) is 56.1 Å². The molecule has 2 fully saturated rings. The molecule has 1 amide bonds. The highest BCUT2D eigenvalue weighted by Crippen LogP contribution is 2.30. The number of rotatable bonds is 6. The van der Waals surface area contributed by atoms with Gasteiger partial charge in [0.05, 0.1) is 4.90 Å². The lowest BCUT2D eigenvalue weighted by atomic mass is 10.0. The van der Waals surface area contributed by atoms with E-state index in [0.717, 1.165) is 31.4 Å². The third-order valence-corrected chi connectivity index (χ3v) is 7.66. The van der Waals surface area contributed by atoms with Crippen LogP contribution in [0.1, 0.15) is 25.1 Å². The summed E-state index contributed by atoms with van der Waals surface area (Å²) in [4.78, 5) is 20.9. The van der Waals surface area contributed by atoms with Crippen molar-refractivity contribution in [2.24, 2.45) is 5.73 Å². The molecule has 2 aliphatic heterocycles. The Morgan fingerprint density at radius 2 is 2.03 bits per heavy atom. The van der Waals surface area contributed by atoms with Crippen LogP contribution < -0.4 is 15.4 Å². The zero-order valence-electron chi connectivity index (χ0n) is 17.8. The van der Waals surface area contributed by atoms with Gasteiger partial charge < -0.3 is 25.4 Å². The maximum atomic E-state index is 14.3. The first-order valence-corrected chi connectivity index (χ1v) is 13.0. The van der Waals surface area contributed by atoms with Crippen LogP contribution in [0.2, 0.25) is 0 Å². The van der Waals surface area contributed by atoms with Gasteiger partial charge in [0.25, 0.3) is 5.91 Å². The number of anilines is 1. The van der Waals surface area contributed by atoms with E-state index in [1.54, 1.807) is 4.90 Å². The average Bonchev–Trinajstić information content (AvgIpc) is 3.42. The number of likely N-dealkylation sites (tertiary alicyclic amines) is 1. The normalized spacial score (nSPS) is 20.5. The molecule has 2 aromatic rings. The topological polar surface area (TPSA) is 139 Å². The van der Waals surface area contributed by atoms with Crippen molar-refractivity contribution in [3.05, 3.63) is 36.0 Å². The van der Waals surface area contributed by atoms with Crippen LogP contribution in [-0.4, -0.2) is 71.7 Å². The molecule has 4 rings (SSSR count). The van der Waals surface area contributed by atoms with Crippen LogP contribution in [0.15, 0.2) is 29.3 Å². The largest absolute Gasteiger partial charge is 0.503 e. The number of hydrogen-bond acceptors (Lipinski definition) is 10. The Morgan fingerprint density at radius 3 is 2.67 bits per heavy atom. The van der Waals surface area contributed by atoms with Gasteiger partial charge in [-0.2, -0.15) is 9.36 Å². The Kier molecular flexibility index (Phi) is 6.43. The third-order valence-electron chi connectivity index (χ3n) is 5.77. The van der Waals surface area contributed by atoms with Crippen LogP contribution in [0.25, 0.3) is 5.76 Å². The summed E-state index contributed by atoms with van der Waals surface area (Å²) < 4.78 is 47.2. The number of nitrogens with zero attached hydrogens (tertiary/aromatic N) is 4. The highest BCUT2D eigenvalue weighted by molar-refractivity contribution is 7.90. The number of aliphatic hydroxyl groups excluding tert-OH is 1. The molecular weight excluding hydrogens is 473 g/mol. The lowest BCUT2D eigenvalue weighted by Gasteiger charge is -2.36. The minimum Gasteiger partial charge on any atom is -0.503 e. The van der Waals surface area contributed by atoms with Crippen molar-refractivity contribution >= 4 is 38.2 Å². The van der Waals surface area contributed by atoms with Gasteiger partial charge in [-0.15, -0.1) is 0 Å². The lowest BCUT2D eigenvalue weighted by molar-refractivity contribution is -0.135. The molecule has 13 heteroatoms. The van der Waals surface area contributed by atoms with Crippen molar-refractivity contribution in [1.82, 2.24) is 14.3 Å². The standard InChI is InChI=1S/C20H24FN5O5S2/c1-33(29,30)13-2-3-16(14(21)10-13)31-17-6-9-26(19(17)28)12-4-7-25(8-5-12)20-23-18(24-32-20)15(27)11-22/h2-3,10-12,17,27H,4-9,22H2,1H3/b15-11-/t17-/m0/s1. The summed E-state index contributed by atoms with van der Waals surface area (Å²) in [5.74, 6) is -1.14. The molecule has 33 heavy (non-hydrogen) atoms. The predicted octanol–water partition coefficient (Wildman–Crippen LogP) is 1.54. The maximum absolute atomic E-state index is 14.3. The monoisotopic (exact) mass is 497 g/mol. The molecule has 1 atom stereocenters. The highest BCUT2D eigenvalue weighted by atomic mass is 32.2. The number of piperidine rings is 1. The number of halogens is 1. The SMILES string of the molecule is CS(=O)(=O)c1ccc(O[C@H]2CCN(C3CCN(c4nc(/C(O)=C/N)ns4)CC3)C2=O)c(F)c1. The van der Waals surface area contributed by atoms with Gasteiger partial charge in [-0.05, 0) is 31.0 Å². The summed E-state index contributed by atoms with van der Waals surface area (Å²) in [5.41, 5.74) is 5.29. The van der Waals surface area contributed by atoms with Crippen LogP contribution in [-0.2, 0) is 14.6 Å². The number of aromatic nitrogens is 2. The van der Waals surface area contributed by atoms with Crippen LogP contribution in [0.3, 0.4) is 0 Å². The summed E-state index contributed by atoms with van der Waals surface area (Å²) >= 11 is 1.17. The molecular formula is C20H24FN5O5S2. The Morgan fingerprint density at radius 1 is 1.30 bits per heavy atom. The van der Waals surface area contributed by atoms with E-state index in [4.69, 9.17) is 10.5 Å². The van der Waals surface area contributed by atoms with E-state index in [-0.39, 0.29) is 34.2 Å². The van der Waals surface area contributed by atoms with Crippen LogP contribution in [0.4, 0.5) is 9.52 Å². The molecule has 0 unspecified atom stereocenters. The molecule has 0 aliphatic carbocycles. The van der Waals surface area contributed by atoms with Crippen molar-refractivity contribution in [2.75, 3.05) is 30.8 Å². The number of aliphatic hydroxyl groups is 1. The van der Waals surface area contributed by atoms with Crippen LogP contribution in [0, 0.1) is 5.82 Å². The second-order valence-electron chi connectivity index (χ2n) is 7.96. The predicted molar refractivity (Wildman–Crippen MR) is 120 cm³/mol. The summed E-state index contributed by atoms with van der Waals surface area (Å²) in [7, 11) is -3.54. The van der Waals surface area contributed by atoms with E-state index in [1.165, 1.54) is 23.7 Å². The fourth-order valence-corrected chi connectivity index (χ4v) is 5.36. The van der Waals surface area contributed by atoms with Gasteiger partial charge in [-0.25, -0.2) is 12.8 Å². The molecule has 3 heterocycles. The first kappa shape index (κ1) is 23.2. The Hall–Kier alpha value is -2.93. The Labute approximate surface area is 194 Å². The number of amides is 1. The second-order valence-corrected chi connectivity index (χ2v) is 10.7. The van der Waals surface area contributed by atoms with Gasteiger partial charge in [0.2, 0.25) is 11.0 Å². The highest BCUT2D eigenvalue weighted by Gasteiger charge is 2.39. The fourth-order valence-electron chi connectivity index (χ4n) is 4.00. The zero-order valence-corrected chi connectivity index (χ0v) is 19.5. The Balaban J connectivity index is 1.35. The number of benzene rings is 1. The smallest absolute Gasteiger partial charge is 0.263 e. The Bertz CT molecular complexity index is 1180. The molecule has 1 aromatic heterocycles. The molecule has 178 valence electrons. The van der Waals surface area contributed by atoms with E-state index in [0.29, 0.717) is 31.2 Å². The lowest BCUT2D eigenvalue weighted by Crippen LogP contribution is -2.47. The zero-order chi connectivity index (χ0) is 23.8. The summed E-state index contributed by atoms with van der Waals surface area (Å²) in [6, 6.07) is 3.44. The van der Waals surface area contributed by atoms with E-state index < -0.39 is 21.8 Å². The first-order valence-electron chi connectivity index (χ1n) is 10.3. The third kappa shape index (κ3) is 4.88. The van der Waals surface area contributed by atoms with Gasteiger partial charge in [0.15, 0.2) is 33.3 Å². The molecule has 0 spiro atoms. The van der Waals surface area contributed by atoms with Crippen molar-refractivity contribution in [1.29, 1.82) is 0 Å². The fraction of sp³-hybridized carbons (Fsp3) is 0.450. The van der Waals surface area contributed by atoms with Gasteiger partial charge in [-0.1, -0.05) is 0 Å². The first-order chi connectivity index (χ1) is 15.7. The van der Waals surface area contributed by atoms with Gasteiger partial charge in [-0.3, -0.25) is 4.79 Å². The number of nitrogens with two attached hydrogens (primary N) is 1. The van der Waals surface area contributed by atoms with Crippen molar-refractivity contribution in [3.63, 3.8) is 0 Å². The van der Waals surface area contributed by atoms with E-state index >= 15 is 0 Å². The van der Waals surface area contributed by atoms with Gasteiger partial charge in [0.1, 0.15) is 0 Å². The molecule has 2 aliphatic rings. The summed E-state index contributed by atoms with van der Waals surface area (Å²) in [6.45, 7) is 1.85. The number of sulfone groups is 1. The second kappa shape index (κ2) is 9.14. The maximum Gasteiger partial charge on any atom is 0.263 e. The minimum absolute atomic E-state index is 0.0320. The quantitative estimate of drug-likeness (QED) is 0.569.